The highest BCUT2D eigenvalue weighted by Crippen LogP contribution is 2.30. The van der Waals surface area contributed by atoms with Crippen LogP contribution in [0.25, 0.3) is 16.6 Å². The lowest BCUT2D eigenvalue weighted by atomic mass is 10.0. The predicted molar refractivity (Wildman–Crippen MR) is 133 cm³/mol. The van der Waals surface area contributed by atoms with Crippen molar-refractivity contribution in [3.05, 3.63) is 113 Å². The smallest absolute Gasteiger partial charge is 0.123 e. The van der Waals surface area contributed by atoms with Gasteiger partial charge in [0.15, 0.2) is 0 Å². The standard InChI is InChI=1S/C27H24ClFN4/c28-25-17-32(12-10-19-4-7-23(30)8-5-19)13-11-24(25)21-6-9-26-27(15-21)33(18-31-26)16-20-2-1-3-22(29)14-20/h1-9,11,13-15,18H,10,12,16-17,30H2. The molecule has 0 bridgehead atoms. The molecule has 0 amide bonds. The van der Waals surface area contributed by atoms with Gasteiger partial charge in [0, 0.05) is 30.0 Å². The Bertz CT molecular complexity index is 1350. The van der Waals surface area contributed by atoms with Crippen LogP contribution in [0.3, 0.4) is 0 Å². The fourth-order valence-corrected chi connectivity index (χ4v) is 4.46. The molecular weight excluding hydrogens is 435 g/mol. The molecule has 0 spiro atoms. The molecule has 1 aromatic heterocycles. The van der Waals surface area contributed by atoms with Gasteiger partial charge < -0.3 is 15.2 Å². The first-order chi connectivity index (χ1) is 16.0. The predicted octanol–water partition coefficient (Wildman–Crippen LogP) is 5.83. The van der Waals surface area contributed by atoms with Gasteiger partial charge in [0.1, 0.15) is 5.82 Å². The fraction of sp³-hybridized carbons (Fsp3) is 0.148. The lowest BCUT2D eigenvalue weighted by Crippen LogP contribution is -2.24. The molecule has 0 aliphatic carbocycles. The Morgan fingerprint density at radius 3 is 2.64 bits per heavy atom. The maximum absolute atomic E-state index is 13.6. The molecule has 2 N–H and O–H groups in total. The molecule has 3 aromatic carbocycles. The van der Waals surface area contributed by atoms with E-state index in [4.69, 9.17) is 17.3 Å². The van der Waals surface area contributed by atoms with Gasteiger partial charge in [-0.2, -0.15) is 0 Å². The summed E-state index contributed by atoms with van der Waals surface area (Å²) in [7, 11) is 0. The average molecular weight is 459 g/mol. The summed E-state index contributed by atoms with van der Waals surface area (Å²) in [6, 6.07) is 20.8. The normalized spacial score (nSPS) is 13.8. The highest BCUT2D eigenvalue weighted by molar-refractivity contribution is 6.33. The van der Waals surface area contributed by atoms with Crippen LogP contribution in [0.15, 0.2) is 90.4 Å². The van der Waals surface area contributed by atoms with Crippen molar-refractivity contribution in [3.63, 3.8) is 0 Å². The number of rotatable bonds is 6. The van der Waals surface area contributed by atoms with Gasteiger partial charge in [0.05, 0.1) is 23.9 Å². The minimum absolute atomic E-state index is 0.233. The number of benzene rings is 3. The van der Waals surface area contributed by atoms with E-state index < -0.39 is 0 Å². The topological polar surface area (TPSA) is 47.1 Å². The first-order valence-electron chi connectivity index (χ1n) is 10.9. The monoisotopic (exact) mass is 458 g/mol. The van der Waals surface area contributed by atoms with Crippen molar-refractivity contribution in [2.24, 2.45) is 0 Å². The Balaban J connectivity index is 1.33. The lowest BCUT2D eigenvalue weighted by molar-refractivity contribution is 0.414. The number of hydrogen-bond acceptors (Lipinski definition) is 3. The number of halogens is 2. The van der Waals surface area contributed by atoms with Crippen LogP contribution in [-0.2, 0) is 13.0 Å². The first-order valence-corrected chi connectivity index (χ1v) is 11.3. The molecule has 0 unspecified atom stereocenters. The zero-order valence-corrected chi connectivity index (χ0v) is 18.8. The van der Waals surface area contributed by atoms with E-state index >= 15 is 0 Å². The number of nitrogens with zero attached hydrogens (tertiary/aromatic N) is 3. The van der Waals surface area contributed by atoms with E-state index in [0.717, 1.165) is 51.4 Å². The van der Waals surface area contributed by atoms with Gasteiger partial charge in [-0.25, -0.2) is 9.37 Å². The zero-order valence-electron chi connectivity index (χ0n) is 18.1. The van der Waals surface area contributed by atoms with Crippen molar-refractivity contribution < 1.29 is 4.39 Å². The Morgan fingerprint density at radius 1 is 1.00 bits per heavy atom. The molecule has 33 heavy (non-hydrogen) atoms. The van der Waals surface area contributed by atoms with Gasteiger partial charge in [-0.1, -0.05) is 41.9 Å². The summed E-state index contributed by atoms with van der Waals surface area (Å²) in [5.41, 5.74) is 12.6. The highest BCUT2D eigenvalue weighted by atomic mass is 35.5. The fourth-order valence-electron chi connectivity index (χ4n) is 4.13. The summed E-state index contributed by atoms with van der Waals surface area (Å²) in [6.45, 7) is 2.10. The van der Waals surface area contributed by atoms with Gasteiger partial charge in [0.2, 0.25) is 0 Å². The van der Waals surface area contributed by atoms with Gasteiger partial charge in [0.25, 0.3) is 0 Å². The number of imidazole rings is 1. The molecule has 1 aliphatic heterocycles. The molecule has 4 aromatic rings. The van der Waals surface area contributed by atoms with Gasteiger partial charge >= 0.3 is 0 Å². The molecular formula is C27H24ClFN4. The number of allylic oxidation sites excluding steroid dienone is 2. The van der Waals surface area contributed by atoms with E-state index in [1.807, 2.05) is 34.9 Å². The van der Waals surface area contributed by atoms with Crippen molar-refractivity contribution in [3.8, 4) is 0 Å². The van der Waals surface area contributed by atoms with Crippen LogP contribution in [0.4, 0.5) is 10.1 Å². The van der Waals surface area contributed by atoms with Crippen molar-refractivity contribution >= 4 is 33.9 Å². The summed E-state index contributed by atoms with van der Waals surface area (Å²) in [5.74, 6) is -0.233. The Kier molecular flexibility index (Phi) is 5.88. The van der Waals surface area contributed by atoms with E-state index in [1.54, 1.807) is 18.5 Å². The Labute approximate surface area is 197 Å². The zero-order chi connectivity index (χ0) is 22.8. The van der Waals surface area contributed by atoms with Crippen molar-refractivity contribution in [2.75, 3.05) is 18.8 Å². The first kappa shape index (κ1) is 21.3. The van der Waals surface area contributed by atoms with E-state index in [2.05, 4.69) is 40.4 Å². The summed E-state index contributed by atoms with van der Waals surface area (Å²) < 4.78 is 15.6. The molecule has 2 heterocycles. The van der Waals surface area contributed by atoms with Gasteiger partial charge in [-0.3, -0.25) is 0 Å². The summed E-state index contributed by atoms with van der Waals surface area (Å²) in [4.78, 5) is 6.72. The molecule has 5 rings (SSSR count). The molecule has 1 aliphatic rings. The van der Waals surface area contributed by atoms with Crippen molar-refractivity contribution in [1.29, 1.82) is 0 Å². The maximum atomic E-state index is 13.6. The number of fused-ring (bicyclic) bond motifs is 1. The van der Waals surface area contributed by atoms with Crippen LogP contribution in [0.5, 0.6) is 0 Å². The third-order valence-electron chi connectivity index (χ3n) is 5.93. The van der Waals surface area contributed by atoms with Crippen LogP contribution < -0.4 is 5.73 Å². The van der Waals surface area contributed by atoms with Crippen LogP contribution in [0, 0.1) is 5.82 Å². The molecule has 0 saturated heterocycles. The number of aromatic nitrogens is 2. The molecule has 0 atom stereocenters. The van der Waals surface area contributed by atoms with E-state index in [9.17, 15) is 4.39 Å². The number of nitrogen functional groups attached to an aromatic ring is 1. The molecule has 6 heteroatoms. The second-order valence-electron chi connectivity index (χ2n) is 8.30. The summed E-state index contributed by atoms with van der Waals surface area (Å²) in [5, 5.41) is 0.811. The number of nitrogens with two attached hydrogens (primary N) is 1. The highest BCUT2D eigenvalue weighted by Gasteiger charge is 2.15. The second kappa shape index (κ2) is 9.12. The summed E-state index contributed by atoms with van der Waals surface area (Å²) in [6.07, 6.45) is 6.90. The quantitative estimate of drug-likeness (QED) is 0.370. The molecule has 4 nitrogen and oxygen atoms in total. The van der Waals surface area contributed by atoms with E-state index in [0.29, 0.717) is 13.1 Å². The van der Waals surface area contributed by atoms with Crippen molar-refractivity contribution in [1.82, 2.24) is 14.5 Å². The SMILES string of the molecule is Nc1ccc(CCN2C=CC(c3ccc4ncn(Cc5cccc(F)c5)c4c3)=C(Cl)C2)cc1. The minimum atomic E-state index is -0.233. The largest absolute Gasteiger partial charge is 0.399 e. The van der Waals surface area contributed by atoms with Crippen LogP contribution in [0.1, 0.15) is 16.7 Å². The molecule has 0 saturated carbocycles. The van der Waals surface area contributed by atoms with Gasteiger partial charge in [-0.05, 0) is 71.2 Å². The van der Waals surface area contributed by atoms with Crippen LogP contribution in [-0.4, -0.2) is 27.5 Å². The second-order valence-corrected chi connectivity index (χ2v) is 8.76. The minimum Gasteiger partial charge on any atom is -0.399 e. The number of hydrogen-bond donors (Lipinski definition) is 1. The third-order valence-corrected chi connectivity index (χ3v) is 6.25. The van der Waals surface area contributed by atoms with E-state index in [1.165, 1.54) is 11.6 Å². The maximum Gasteiger partial charge on any atom is 0.123 e. The lowest BCUT2D eigenvalue weighted by Gasteiger charge is -2.25. The van der Waals surface area contributed by atoms with E-state index in [-0.39, 0.29) is 5.82 Å². The van der Waals surface area contributed by atoms with Gasteiger partial charge in [-0.15, -0.1) is 0 Å². The molecule has 166 valence electrons. The molecule has 0 radical (unpaired) electrons. The van der Waals surface area contributed by atoms with Crippen LogP contribution in [0.2, 0.25) is 0 Å². The molecule has 0 fully saturated rings. The Morgan fingerprint density at radius 2 is 1.85 bits per heavy atom. The van der Waals surface area contributed by atoms with Crippen LogP contribution >= 0.6 is 11.6 Å². The number of anilines is 1. The van der Waals surface area contributed by atoms with Crippen molar-refractivity contribution in [2.45, 2.75) is 13.0 Å². The average Bonchev–Trinajstić information content (AvgIpc) is 3.21. The Hall–Kier alpha value is -3.57. The third kappa shape index (κ3) is 4.78. The summed E-state index contributed by atoms with van der Waals surface area (Å²) >= 11 is 6.73.